The molecule has 7 nitrogen and oxygen atoms in total. The number of nitrogens with one attached hydrogen (secondary N) is 1. The van der Waals surface area contributed by atoms with Crippen molar-refractivity contribution in [3.8, 4) is 10.6 Å². The molecular weight excluding hydrogens is 372 g/mol. The largest absolute Gasteiger partial charge is 0.337 e. The molecule has 4 rings (SSSR count). The van der Waals surface area contributed by atoms with Crippen LogP contribution in [0.25, 0.3) is 10.6 Å². The average molecular weight is 397 g/mol. The molecular formula is C20H24N6OS. The van der Waals surface area contributed by atoms with Crippen molar-refractivity contribution in [2.75, 3.05) is 13.1 Å². The number of aryl methyl sites for hydroxylation is 2. The lowest BCUT2D eigenvalue weighted by atomic mass is 9.97. The Bertz CT molecular complexity index is 972. The molecule has 0 spiro atoms. The van der Waals surface area contributed by atoms with E-state index in [0.717, 1.165) is 64.9 Å². The zero-order valence-electron chi connectivity index (χ0n) is 16.4. The van der Waals surface area contributed by atoms with Crippen molar-refractivity contribution in [1.29, 1.82) is 0 Å². The highest BCUT2D eigenvalue weighted by atomic mass is 32.1. The Balaban J connectivity index is 1.44. The molecule has 146 valence electrons. The van der Waals surface area contributed by atoms with Crippen molar-refractivity contribution in [2.45, 2.75) is 46.0 Å². The van der Waals surface area contributed by atoms with Crippen LogP contribution >= 0.6 is 11.3 Å². The zero-order valence-corrected chi connectivity index (χ0v) is 17.2. The maximum atomic E-state index is 12.9. The molecule has 0 bridgehead atoms. The van der Waals surface area contributed by atoms with Crippen LogP contribution in [-0.2, 0) is 6.42 Å². The smallest absolute Gasteiger partial charge is 0.274 e. The molecule has 1 aliphatic rings. The van der Waals surface area contributed by atoms with Crippen LogP contribution in [0.1, 0.15) is 58.1 Å². The first-order valence-electron chi connectivity index (χ1n) is 9.65. The lowest BCUT2D eigenvalue weighted by Crippen LogP contribution is -2.38. The standard InChI is InChI=1S/C20H24N6OS/c1-4-15-12(2)17(25-24-15)20(27)26-9-6-14(7-10-26)19-23-13(3)18(28-19)16-5-8-21-11-22-16/h5,8,11,14H,4,6-7,9-10H2,1-3H3,(H,24,25). The van der Waals surface area contributed by atoms with E-state index in [2.05, 4.69) is 27.1 Å². The molecule has 3 aromatic heterocycles. The summed E-state index contributed by atoms with van der Waals surface area (Å²) >= 11 is 1.71. The van der Waals surface area contributed by atoms with Crippen molar-refractivity contribution in [3.05, 3.63) is 46.2 Å². The summed E-state index contributed by atoms with van der Waals surface area (Å²) in [5, 5.41) is 8.38. The van der Waals surface area contributed by atoms with Gasteiger partial charge in [0.05, 0.1) is 21.3 Å². The summed E-state index contributed by atoms with van der Waals surface area (Å²) in [6, 6.07) is 1.92. The van der Waals surface area contributed by atoms with Crippen LogP contribution in [0.5, 0.6) is 0 Å². The number of hydrogen-bond acceptors (Lipinski definition) is 6. The molecule has 0 saturated carbocycles. The Morgan fingerprint density at radius 3 is 2.75 bits per heavy atom. The normalized spacial score (nSPS) is 15.2. The fraction of sp³-hybridized carbons (Fsp3) is 0.450. The first-order chi connectivity index (χ1) is 13.6. The van der Waals surface area contributed by atoms with Crippen molar-refractivity contribution in [3.63, 3.8) is 0 Å². The van der Waals surface area contributed by atoms with Gasteiger partial charge in [0.25, 0.3) is 5.91 Å². The SMILES string of the molecule is CCc1[nH]nc(C(=O)N2CCC(c3nc(C)c(-c4ccncn4)s3)CC2)c1C. The Morgan fingerprint density at radius 2 is 2.11 bits per heavy atom. The quantitative estimate of drug-likeness (QED) is 0.729. The number of likely N-dealkylation sites (tertiary alicyclic amines) is 1. The number of H-pyrrole nitrogens is 1. The third kappa shape index (κ3) is 3.44. The fourth-order valence-corrected chi connectivity index (χ4v) is 4.93. The van der Waals surface area contributed by atoms with E-state index in [0.29, 0.717) is 11.6 Å². The maximum Gasteiger partial charge on any atom is 0.274 e. The fourth-order valence-electron chi connectivity index (χ4n) is 3.72. The van der Waals surface area contributed by atoms with Gasteiger partial charge in [0, 0.05) is 36.5 Å². The number of nitrogens with zero attached hydrogens (tertiary/aromatic N) is 5. The molecule has 1 saturated heterocycles. The number of amides is 1. The molecule has 3 aromatic rings. The van der Waals surface area contributed by atoms with E-state index in [1.807, 2.05) is 24.8 Å². The predicted molar refractivity (Wildman–Crippen MR) is 108 cm³/mol. The molecule has 0 aliphatic carbocycles. The highest BCUT2D eigenvalue weighted by Gasteiger charge is 2.29. The minimum atomic E-state index is 0.0314. The molecule has 0 aromatic carbocycles. The lowest BCUT2D eigenvalue weighted by Gasteiger charge is -2.30. The molecule has 1 aliphatic heterocycles. The van der Waals surface area contributed by atoms with E-state index >= 15 is 0 Å². The average Bonchev–Trinajstić information content (AvgIpc) is 3.30. The summed E-state index contributed by atoms with van der Waals surface area (Å²) in [7, 11) is 0. The van der Waals surface area contributed by atoms with Crippen LogP contribution in [0.3, 0.4) is 0 Å². The summed E-state index contributed by atoms with van der Waals surface area (Å²) in [5.41, 5.74) is 4.50. The predicted octanol–water partition coefficient (Wildman–Crippen LogP) is 3.52. The summed E-state index contributed by atoms with van der Waals surface area (Å²) in [4.78, 5) is 29.0. The molecule has 1 amide bonds. The molecule has 0 unspecified atom stereocenters. The van der Waals surface area contributed by atoms with Gasteiger partial charge in [-0.1, -0.05) is 6.92 Å². The molecule has 28 heavy (non-hydrogen) atoms. The third-order valence-corrected chi connectivity index (χ3v) is 6.77. The Kier molecular flexibility index (Phi) is 5.21. The Labute approximate surface area is 168 Å². The Hall–Kier alpha value is -2.61. The minimum absolute atomic E-state index is 0.0314. The number of hydrogen-bond donors (Lipinski definition) is 1. The number of thiazole rings is 1. The van der Waals surface area contributed by atoms with Crippen molar-refractivity contribution < 1.29 is 4.79 Å². The van der Waals surface area contributed by atoms with Crippen LogP contribution in [0.2, 0.25) is 0 Å². The molecule has 0 atom stereocenters. The van der Waals surface area contributed by atoms with E-state index in [9.17, 15) is 4.79 Å². The van der Waals surface area contributed by atoms with Gasteiger partial charge in [0.15, 0.2) is 5.69 Å². The van der Waals surface area contributed by atoms with Gasteiger partial charge in [0.1, 0.15) is 6.33 Å². The van der Waals surface area contributed by atoms with Crippen LogP contribution < -0.4 is 0 Å². The number of piperidine rings is 1. The van der Waals surface area contributed by atoms with Gasteiger partial charge in [-0.15, -0.1) is 11.3 Å². The van der Waals surface area contributed by atoms with Crippen LogP contribution in [0.4, 0.5) is 0 Å². The van der Waals surface area contributed by atoms with Gasteiger partial charge in [-0.3, -0.25) is 9.89 Å². The first kappa shape index (κ1) is 18.7. The van der Waals surface area contributed by atoms with Crippen LogP contribution in [-0.4, -0.2) is 49.0 Å². The maximum absolute atomic E-state index is 12.9. The van der Waals surface area contributed by atoms with Gasteiger partial charge in [0.2, 0.25) is 0 Å². The number of carbonyl (C=O) groups excluding carboxylic acids is 1. The number of aromatic nitrogens is 5. The second kappa shape index (κ2) is 7.79. The van der Waals surface area contributed by atoms with Gasteiger partial charge in [-0.25, -0.2) is 15.0 Å². The second-order valence-electron chi connectivity index (χ2n) is 7.16. The van der Waals surface area contributed by atoms with Crippen LogP contribution in [0, 0.1) is 13.8 Å². The highest BCUT2D eigenvalue weighted by molar-refractivity contribution is 7.15. The van der Waals surface area contributed by atoms with Gasteiger partial charge in [-0.2, -0.15) is 5.10 Å². The van der Waals surface area contributed by atoms with Crippen molar-refractivity contribution >= 4 is 17.2 Å². The minimum Gasteiger partial charge on any atom is -0.337 e. The highest BCUT2D eigenvalue weighted by Crippen LogP contribution is 2.36. The summed E-state index contributed by atoms with van der Waals surface area (Å²) < 4.78 is 0. The molecule has 1 fully saturated rings. The monoisotopic (exact) mass is 396 g/mol. The lowest BCUT2D eigenvalue weighted by molar-refractivity contribution is 0.0706. The summed E-state index contributed by atoms with van der Waals surface area (Å²) in [5.74, 6) is 0.415. The van der Waals surface area contributed by atoms with Crippen molar-refractivity contribution in [2.24, 2.45) is 0 Å². The molecule has 1 N–H and O–H groups in total. The van der Waals surface area contributed by atoms with Crippen molar-refractivity contribution in [1.82, 2.24) is 30.0 Å². The molecule has 0 radical (unpaired) electrons. The third-order valence-electron chi connectivity index (χ3n) is 5.43. The van der Waals surface area contributed by atoms with E-state index in [4.69, 9.17) is 4.98 Å². The summed E-state index contributed by atoms with van der Waals surface area (Å²) in [6.07, 6.45) is 6.02. The van der Waals surface area contributed by atoms with E-state index in [1.54, 1.807) is 23.9 Å². The Morgan fingerprint density at radius 1 is 1.32 bits per heavy atom. The second-order valence-corrected chi connectivity index (χ2v) is 8.19. The number of rotatable bonds is 4. The first-order valence-corrected chi connectivity index (χ1v) is 10.5. The van der Waals surface area contributed by atoms with E-state index in [-0.39, 0.29) is 5.91 Å². The molecule has 8 heteroatoms. The van der Waals surface area contributed by atoms with Gasteiger partial charge in [-0.05, 0) is 39.2 Å². The molecule has 4 heterocycles. The number of aromatic amines is 1. The van der Waals surface area contributed by atoms with E-state index < -0.39 is 0 Å². The van der Waals surface area contributed by atoms with E-state index in [1.165, 1.54) is 0 Å². The zero-order chi connectivity index (χ0) is 19.7. The van der Waals surface area contributed by atoms with Crippen LogP contribution in [0.15, 0.2) is 18.6 Å². The topological polar surface area (TPSA) is 87.7 Å². The summed E-state index contributed by atoms with van der Waals surface area (Å²) in [6.45, 7) is 7.53. The van der Waals surface area contributed by atoms with Gasteiger partial charge < -0.3 is 4.90 Å². The van der Waals surface area contributed by atoms with Gasteiger partial charge >= 0.3 is 0 Å². The number of carbonyl (C=O) groups is 1.